The third-order valence-corrected chi connectivity index (χ3v) is 4.87. The van der Waals surface area contributed by atoms with E-state index in [9.17, 15) is 4.79 Å². The molecule has 0 radical (unpaired) electrons. The maximum Gasteiger partial charge on any atom is 0.226 e. The molecule has 1 amide bonds. The van der Waals surface area contributed by atoms with Crippen LogP contribution in [0.5, 0.6) is 5.75 Å². The molecule has 0 aromatic heterocycles. The van der Waals surface area contributed by atoms with Crippen molar-refractivity contribution in [2.24, 2.45) is 11.7 Å². The van der Waals surface area contributed by atoms with Gasteiger partial charge in [0, 0.05) is 30.1 Å². The zero-order valence-electron chi connectivity index (χ0n) is 13.3. The van der Waals surface area contributed by atoms with E-state index in [4.69, 9.17) is 10.5 Å². The molecule has 0 aliphatic heterocycles. The van der Waals surface area contributed by atoms with E-state index in [1.165, 1.54) is 0 Å². The Morgan fingerprint density at radius 2 is 2.05 bits per heavy atom. The van der Waals surface area contributed by atoms with Crippen molar-refractivity contribution in [2.75, 3.05) is 7.11 Å². The van der Waals surface area contributed by atoms with Crippen molar-refractivity contribution >= 4 is 5.91 Å². The second kappa shape index (κ2) is 6.69. The summed E-state index contributed by atoms with van der Waals surface area (Å²) in [5, 5.41) is 0. The molecule has 2 aliphatic carbocycles. The molecule has 0 saturated heterocycles. The highest BCUT2D eigenvalue weighted by molar-refractivity contribution is 5.79. The van der Waals surface area contributed by atoms with Crippen LogP contribution in [0.3, 0.4) is 0 Å². The summed E-state index contributed by atoms with van der Waals surface area (Å²) in [6, 6.07) is 8.58. The highest BCUT2D eigenvalue weighted by atomic mass is 16.5. The van der Waals surface area contributed by atoms with Crippen LogP contribution in [0.2, 0.25) is 0 Å². The second-order valence-corrected chi connectivity index (χ2v) is 6.63. The number of hydrogen-bond donors (Lipinski definition) is 1. The van der Waals surface area contributed by atoms with Gasteiger partial charge in [-0.2, -0.15) is 0 Å². The Balaban J connectivity index is 1.74. The molecule has 22 heavy (non-hydrogen) atoms. The standard InChI is InChI=1S/C18H26N2O2/c1-22-17-8-3-2-5-14(17)12-20(16-9-10-16)18(21)13-6-4-7-15(19)11-13/h2-3,5,8,13,15-16H,4,6-7,9-12,19H2,1H3. The minimum atomic E-state index is 0.110. The fraction of sp³-hybridized carbons (Fsp3) is 0.611. The first-order chi connectivity index (χ1) is 10.7. The molecule has 0 spiro atoms. The minimum Gasteiger partial charge on any atom is -0.496 e. The van der Waals surface area contributed by atoms with E-state index in [0.29, 0.717) is 18.5 Å². The molecule has 2 aliphatic rings. The molecule has 0 bridgehead atoms. The zero-order chi connectivity index (χ0) is 15.5. The Kier molecular flexibility index (Phi) is 4.67. The highest BCUT2D eigenvalue weighted by Gasteiger charge is 2.37. The van der Waals surface area contributed by atoms with Crippen LogP contribution in [0.1, 0.15) is 44.1 Å². The third-order valence-electron chi connectivity index (χ3n) is 4.87. The SMILES string of the molecule is COc1ccccc1CN(C(=O)C1CCCC(N)C1)C1CC1. The lowest BCUT2D eigenvalue weighted by Crippen LogP contribution is -2.41. The number of para-hydroxylation sites is 1. The maximum absolute atomic E-state index is 13.0. The summed E-state index contributed by atoms with van der Waals surface area (Å²) < 4.78 is 5.43. The number of amides is 1. The van der Waals surface area contributed by atoms with Crippen molar-refractivity contribution in [3.8, 4) is 5.75 Å². The number of nitrogens with two attached hydrogens (primary N) is 1. The fourth-order valence-corrected chi connectivity index (χ4v) is 3.48. The van der Waals surface area contributed by atoms with E-state index in [-0.39, 0.29) is 12.0 Å². The zero-order valence-corrected chi connectivity index (χ0v) is 13.3. The van der Waals surface area contributed by atoms with Gasteiger partial charge < -0.3 is 15.4 Å². The fourth-order valence-electron chi connectivity index (χ4n) is 3.48. The van der Waals surface area contributed by atoms with E-state index in [1.54, 1.807) is 7.11 Å². The maximum atomic E-state index is 13.0. The molecule has 3 rings (SSSR count). The predicted molar refractivity (Wildman–Crippen MR) is 86.5 cm³/mol. The van der Waals surface area contributed by atoms with Crippen molar-refractivity contribution in [3.63, 3.8) is 0 Å². The van der Waals surface area contributed by atoms with Crippen molar-refractivity contribution in [3.05, 3.63) is 29.8 Å². The molecule has 2 fully saturated rings. The topological polar surface area (TPSA) is 55.6 Å². The van der Waals surface area contributed by atoms with Gasteiger partial charge in [-0.1, -0.05) is 24.6 Å². The van der Waals surface area contributed by atoms with E-state index < -0.39 is 0 Å². The average Bonchev–Trinajstić information content (AvgIpc) is 3.37. The summed E-state index contributed by atoms with van der Waals surface area (Å²) in [5.74, 6) is 1.27. The first-order valence-electron chi connectivity index (χ1n) is 8.37. The summed E-state index contributed by atoms with van der Waals surface area (Å²) in [5.41, 5.74) is 7.15. The molecule has 4 heteroatoms. The summed E-state index contributed by atoms with van der Waals surface area (Å²) in [6.45, 7) is 0.652. The molecule has 2 atom stereocenters. The lowest BCUT2D eigenvalue weighted by molar-refractivity contribution is -0.138. The van der Waals surface area contributed by atoms with Crippen LogP contribution >= 0.6 is 0 Å². The summed E-state index contributed by atoms with van der Waals surface area (Å²) in [7, 11) is 1.68. The van der Waals surface area contributed by atoms with Gasteiger partial charge in [-0.15, -0.1) is 0 Å². The van der Waals surface area contributed by atoms with E-state index in [0.717, 1.165) is 49.8 Å². The number of rotatable bonds is 5. The molecule has 1 aromatic rings. The quantitative estimate of drug-likeness (QED) is 0.910. The predicted octanol–water partition coefficient (Wildman–Crippen LogP) is 2.70. The average molecular weight is 302 g/mol. The van der Waals surface area contributed by atoms with Crippen LogP contribution < -0.4 is 10.5 Å². The van der Waals surface area contributed by atoms with Crippen LogP contribution in [0.4, 0.5) is 0 Å². The van der Waals surface area contributed by atoms with Gasteiger partial charge in [0.25, 0.3) is 0 Å². The second-order valence-electron chi connectivity index (χ2n) is 6.63. The van der Waals surface area contributed by atoms with Gasteiger partial charge in [0.1, 0.15) is 5.75 Å². The molecular weight excluding hydrogens is 276 g/mol. The van der Waals surface area contributed by atoms with Crippen LogP contribution in [0, 0.1) is 5.92 Å². The molecular formula is C18H26N2O2. The number of ether oxygens (including phenoxy) is 1. The Morgan fingerprint density at radius 1 is 1.27 bits per heavy atom. The van der Waals surface area contributed by atoms with Gasteiger partial charge in [0.05, 0.1) is 7.11 Å². The van der Waals surface area contributed by atoms with Crippen LogP contribution in [-0.4, -0.2) is 30.0 Å². The monoisotopic (exact) mass is 302 g/mol. The van der Waals surface area contributed by atoms with Gasteiger partial charge >= 0.3 is 0 Å². The van der Waals surface area contributed by atoms with Crippen LogP contribution in [-0.2, 0) is 11.3 Å². The van der Waals surface area contributed by atoms with Crippen LogP contribution in [0.25, 0.3) is 0 Å². The number of carbonyl (C=O) groups excluding carboxylic acids is 1. The molecule has 1 aromatic carbocycles. The van der Waals surface area contributed by atoms with Gasteiger partial charge in [0.15, 0.2) is 0 Å². The van der Waals surface area contributed by atoms with Crippen molar-refractivity contribution in [1.29, 1.82) is 0 Å². The van der Waals surface area contributed by atoms with Crippen molar-refractivity contribution in [1.82, 2.24) is 4.90 Å². The van der Waals surface area contributed by atoms with Crippen LogP contribution in [0.15, 0.2) is 24.3 Å². The van der Waals surface area contributed by atoms with E-state index in [1.807, 2.05) is 24.3 Å². The van der Waals surface area contributed by atoms with Gasteiger partial charge in [0.2, 0.25) is 5.91 Å². The number of methoxy groups -OCH3 is 1. The van der Waals surface area contributed by atoms with Gasteiger partial charge in [-0.3, -0.25) is 4.79 Å². The first-order valence-corrected chi connectivity index (χ1v) is 8.37. The summed E-state index contributed by atoms with van der Waals surface area (Å²) >= 11 is 0. The molecule has 2 saturated carbocycles. The number of carbonyl (C=O) groups is 1. The highest BCUT2D eigenvalue weighted by Crippen LogP contribution is 2.34. The smallest absolute Gasteiger partial charge is 0.226 e. The number of nitrogens with zero attached hydrogens (tertiary/aromatic N) is 1. The molecule has 120 valence electrons. The number of benzene rings is 1. The van der Waals surface area contributed by atoms with Gasteiger partial charge in [-0.05, 0) is 38.2 Å². The Bertz CT molecular complexity index is 528. The minimum absolute atomic E-state index is 0.110. The van der Waals surface area contributed by atoms with E-state index in [2.05, 4.69) is 4.90 Å². The Morgan fingerprint density at radius 3 is 2.73 bits per heavy atom. The summed E-state index contributed by atoms with van der Waals surface area (Å²) in [4.78, 5) is 15.0. The molecule has 0 heterocycles. The normalized spacial score (nSPS) is 24.8. The summed E-state index contributed by atoms with van der Waals surface area (Å²) in [6.07, 6.45) is 6.21. The third kappa shape index (κ3) is 3.43. The van der Waals surface area contributed by atoms with Crippen molar-refractivity contribution in [2.45, 2.75) is 57.2 Å². The molecule has 2 unspecified atom stereocenters. The van der Waals surface area contributed by atoms with E-state index >= 15 is 0 Å². The molecule has 2 N–H and O–H groups in total. The number of hydrogen-bond acceptors (Lipinski definition) is 3. The van der Waals surface area contributed by atoms with Crippen molar-refractivity contribution < 1.29 is 9.53 Å². The Hall–Kier alpha value is -1.55. The lowest BCUT2D eigenvalue weighted by atomic mass is 9.85. The van der Waals surface area contributed by atoms with Gasteiger partial charge in [-0.25, -0.2) is 0 Å². The Labute approximate surface area is 132 Å². The first kappa shape index (κ1) is 15.3. The lowest BCUT2D eigenvalue weighted by Gasteiger charge is -2.32. The molecule has 4 nitrogen and oxygen atoms in total. The largest absolute Gasteiger partial charge is 0.496 e.